The van der Waals surface area contributed by atoms with Crippen LogP contribution in [0.2, 0.25) is 0 Å². The zero-order valence-electron chi connectivity index (χ0n) is 8.62. The van der Waals surface area contributed by atoms with Crippen LogP contribution in [0.4, 0.5) is 0 Å². The highest BCUT2D eigenvalue weighted by atomic mass is 16.4. The van der Waals surface area contributed by atoms with Gasteiger partial charge in [0.15, 0.2) is 0 Å². The lowest BCUT2D eigenvalue weighted by Gasteiger charge is -2.24. The van der Waals surface area contributed by atoms with E-state index in [2.05, 4.69) is 5.32 Å². The van der Waals surface area contributed by atoms with E-state index in [0.29, 0.717) is 18.9 Å². The quantitative estimate of drug-likeness (QED) is 0.706. The molecule has 4 heteroatoms. The maximum absolute atomic E-state index is 11.0. The van der Waals surface area contributed by atoms with E-state index in [0.717, 1.165) is 0 Å². The summed E-state index contributed by atoms with van der Waals surface area (Å²) in [6, 6.07) is 0. The molecule has 1 aliphatic rings. The highest BCUT2D eigenvalue weighted by molar-refractivity contribution is 5.78. The second-order valence-electron chi connectivity index (χ2n) is 4.27. The molecule has 0 aromatic rings. The van der Waals surface area contributed by atoms with Crippen molar-refractivity contribution in [2.75, 3.05) is 6.54 Å². The Morgan fingerprint density at radius 2 is 2.29 bits per heavy atom. The third-order valence-corrected chi connectivity index (χ3v) is 2.88. The predicted octanol–water partition coefficient (Wildman–Crippen LogP) is 0.869. The topological polar surface area (TPSA) is 66.4 Å². The Bertz CT molecular complexity index is 238. The summed E-state index contributed by atoms with van der Waals surface area (Å²) in [5.41, 5.74) is 0. The van der Waals surface area contributed by atoms with Crippen molar-refractivity contribution in [1.29, 1.82) is 0 Å². The molecule has 0 aliphatic carbocycles. The zero-order valence-corrected chi connectivity index (χ0v) is 8.62. The van der Waals surface area contributed by atoms with Gasteiger partial charge in [-0.05, 0) is 17.8 Å². The molecule has 1 fully saturated rings. The minimum absolute atomic E-state index is 0.0473. The molecular weight excluding hydrogens is 182 g/mol. The fourth-order valence-electron chi connectivity index (χ4n) is 2.08. The third kappa shape index (κ3) is 2.72. The molecule has 14 heavy (non-hydrogen) atoms. The normalized spacial score (nSPS) is 23.6. The van der Waals surface area contributed by atoms with Gasteiger partial charge in [0.1, 0.15) is 0 Å². The first-order chi connectivity index (χ1) is 6.50. The molecule has 0 spiro atoms. The van der Waals surface area contributed by atoms with Crippen LogP contribution in [-0.4, -0.2) is 23.5 Å². The van der Waals surface area contributed by atoms with Crippen molar-refractivity contribution in [3.63, 3.8) is 0 Å². The number of nitrogens with one attached hydrogen (secondary N) is 1. The average Bonchev–Trinajstić information content (AvgIpc) is 2.46. The van der Waals surface area contributed by atoms with Crippen molar-refractivity contribution in [1.82, 2.24) is 5.32 Å². The van der Waals surface area contributed by atoms with Gasteiger partial charge in [-0.15, -0.1) is 0 Å². The van der Waals surface area contributed by atoms with Crippen LogP contribution in [0, 0.1) is 17.8 Å². The van der Waals surface area contributed by atoms with Crippen LogP contribution >= 0.6 is 0 Å². The minimum atomic E-state index is -0.775. The molecule has 2 N–H and O–H groups in total. The molecule has 1 heterocycles. The number of aliphatic carboxylic acids is 1. The standard InChI is InChI=1S/C10H17NO3/c1-6(2)8(4-10(13)14)7-3-9(12)11-5-7/h6-8H,3-5H2,1-2H3,(H,11,12)(H,13,14). The van der Waals surface area contributed by atoms with Crippen LogP contribution in [-0.2, 0) is 9.59 Å². The van der Waals surface area contributed by atoms with E-state index in [9.17, 15) is 9.59 Å². The highest BCUT2D eigenvalue weighted by Crippen LogP contribution is 2.29. The van der Waals surface area contributed by atoms with Gasteiger partial charge in [-0.3, -0.25) is 9.59 Å². The molecule has 1 saturated heterocycles. The molecule has 1 rings (SSSR count). The van der Waals surface area contributed by atoms with Crippen molar-refractivity contribution < 1.29 is 14.7 Å². The monoisotopic (exact) mass is 199 g/mol. The summed E-state index contributed by atoms with van der Waals surface area (Å²) < 4.78 is 0. The van der Waals surface area contributed by atoms with Crippen LogP contribution in [0.15, 0.2) is 0 Å². The molecule has 0 radical (unpaired) electrons. The lowest BCUT2D eigenvalue weighted by molar-refractivity contribution is -0.139. The van der Waals surface area contributed by atoms with Gasteiger partial charge < -0.3 is 10.4 Å². The molecule has 4 nitrogen and oxygen atoms in total. The van der Waals surface area contributed by atoms with Crippen molar-refractivity contribution >= 4 is 11.9 Å². The molecule has 2 unspecified atom stereocenters. The van der Waals surface area contributed by atoms with Gasteiger partial charge in [0.2, 0.25) is 5.91 Å². The van der Waals surface area contributed by atoms with Crippen LogP contribution < -0.4 is 5.32 Å². The van der Waals surface area contributed by atoms with Gasteiger partial charge in [-0.1, -0.05) is 13.8 Å². The summed E-state index contributed by atoms with van der Waals surface area (Å²) in [6.07, 6.45) is 0.646. The van der Waals surface area contributed by atoms with E-state index in [4.69, 9.17) is 5.11 Å². The third-order valence-electron chi connectivity index (χ3n) is 2.88. The lowest BCUT2D eigenvalue weighted by Crippen LogP contribution is -2.25. The van der Waals surface area contributed by atoms with Crippen molar-refractivity contribution in [2.45, 2.75) is 26.7 Å². The van der Waals surface area contributed by atoms with Crippen LogP contribution in [0.25, 0.3) is 0 Å². The first-order valence-corrected chi connectivity index (χ1v) is 4.99. The van der Waals surface area contributed by atoms with Gasteiger partial charge in [0, 0.05) is 19.4 Å². The van der Waals surface area contributed by atoms with E-state index in [1.807, 2.05) is 13.8 Å². The van der Waals surface area contributed by atoms with Crippen molar-refractivity contribution in [3.8, 4) is 0 Å². The Morgan fingerprint density at radius 1 is 1.64 bits per heavy atom. The highest BCUT2D eigenvalue weighted by Gasteiger charge is 2.32. The Morgan fingerprint density at radius 3 is 2.64 bits per heavy atom. The fraction of sp³-hybridized carbons (Fsp3) is 0.800. The minimum Gasteiger partial charge on any atom is -0.481 e. The number of carboxylic acids is 1. The maximum Gasteiger partial charge on any atom is 0.303 e. The van der Waals surface area contributed by atoms with Gasteiger partial charge in [-0.2, -0.15) is 0 Å². The van der Waals surface area contributed by atoms with E-state index in [1.165, 1.54) is 0 Å². The van der Waals surface area contributed by atoms with Gasteiger partial charge >= 0.3 is 5.97 Å². The summed E-state index contributed by atoms with van der Waals surface area (Å²) in [6.45, 7) is 4.65. The summed E-state index contributed by atoms with van der Waals surface area (Å²) in [7, 11) is 0. The summed E-state index contributed by atoms with van der Waals surface area (Å²) >= 11 is 0. The Balaban J connectivity index is 2.58. The molecule has 2 atom stereocenters. The summed E-state index contributed by atoms with van der Waals surface area (Å²) in [5, 5.41) is 11.5. The lowest BCUT2D eigenvalue weighted by atomic mass is 9.80. The Hall–Kier alpha value is -1.06. The SMILES string of the molecule is CC(C)C(CC(=O)O)C1CNC(=O)C1. The van der Waals surface area contributed by atoms with Gasteiger partial charge in [0.25, 0.3) is 0 Å². The van der Waals surface area contributed by atoms with Crippen molar-refractivity contribution in [2.24, 2.45) is 17.8 Å². The van der Waals surface area contributed by atoms with Gasteiger partial charge in [-0.25, -0.2) is 0 Å². The molecule has 0 aromatic carbocycles. The largest absolute Gasteiger partial charge is 0.481 e. The smallest absolute Gasteiger partial charge is 0.303 e. The fourth-order valence-corrected chi connectivity index (χ4v) is 2.08. The van der Waals surface area contributed by atoms with E-state index < -0.39 is 5.97 Å². The number of hydrogen-bond acceptors (Lipinski definition) is 2. The van der Waals surface area contributed by atoms with Crippen molar-refractivity contribution in [3.05, 3.63) is 0 Å². The number of carbonyl (C=O) groups excluding carboxylic acids is 1. The Kier molecular flexibility index (Phi) is 3.49. The number of carbonyl (C=O) groups is 2. The molecule has 1 amide bonds. The number of rotatable bonds is 4. The summed E-state index contributed by atoms with van der Waals surface area (Å²) in [5.74, 6) is -0.122. The maximum atomic E-state index is 11.0. The predicted molar refractivity (Wildman–Crippen MR) is 51.7 cm³/mol. The summed E-state index contributed by atoms with van der Waals surface area (Å²) in [4.78, 5) is 21.7. The first-order valence-electron chi connectivity index (χ1n) is 4.99. The van der Waals surface area contributed by atoms with Crippen LogP contribution in [0.3, 0.4) is 0 Å². The average molecular weight is 199 g/mol. The van der Waals surface area contributed by atoms with Crippen LogP contribution in [0.5, 0.6) is 0 Å². The van der Waals surface area contributed by atoms with E-state index in [-0.39, 0.29) is 24.2 Å². The molecule has 1 aliphatic heterocycles. The Labute approximate surface area is 83.7 Å². The number of amides is 1. The second-order valence-corrected chi connectivity index (χ2v) is 4.27. The van der Waals surface area contributed by atoms with Crippen LogP contribution in [0.1, 0.15) is 26.7 Å². The van der Waals surface area contributed by atoms with E-state index >= 15 is 0 Å². The number of carboxylic acid groups (broad SMARTS) is 1. The first kappa shape index (κ1) is 11.0. The zero-order chi connectivity index (χ0) is 10.7. The number of hydrogen-bond donors (Lipinski definition) is 2. The molecule has 0 saturated carbocycles. The molecule has 0 aromatic heterocycles. The van der Waals surface area contributed by atoms with E-state index in [1.54, 1.807) is 0 Å². The second kappa shape index (κ2) is 4.44. The molecule has 80 valence electrons. The molecule has 0 bridgehead atoms. The molecular formula is C10H17NO3. The van der Waals surface area contributed by atoms with Gasteiger partial charge in [0.05, 0.1) is 0 Å².